The summed E-state index contributed by atoms with van der Waals surface area (Å²) in [6, 6.07) is 21.2. The highest BCUT2D eigenvalue weighted by molar-refractivity contribution is 7.99. The van der Waals surface area contributed by atoms with Crippen LogP contribution in [0.4, 0.5) is 4.39 Å². The third-order valence-corrected chi connectivity index (χ3v) is 6.56. The van der Waals surface area contributed by atoms with E-state index >= 15 is 0 Å². The number of aliphatic carboxylic acids is 1. The van der Waals surface area contributed by atoms with Gasteiger partial charge >= 0.3 is 11.9 Å². The number of nitrogens with zero attached hydrogens (tertiary/aromatic N) is 1. The van der Waals surface area contributed by atoms with Crippen molar-refractivity contribution in [3.63, 3.8) is 0 Å². The molecule has 1 N–H and O–H groups in total. The summed E-state index contributed by atoms with van der Waals surface area (Å²) in [5.74, 6) is -1.33. The largest absolute Gasteiger partial charge is 0.481 e. The van der Waals surface area contributed by atoms with Crippen molar-refractivity contribution in [1.29, 1.82) is 0 Å². The van der Waals surface area contributed by atoms with Gasteiger partial charge in [0.1, 0.15) is 11.9 Å². The molecule has 4 aromatic rings. The summed E-state index contributed by atoms with van der Waals surface area (Å²) >= 11 is 1.51. The molecule has 1 heterocycles. The molecule has 0 unspecified atom stereocenters. The third-order valence-electron chi connectivity index (χ3n) is 5.56. The van der Waals surface area contributed by atoms with Gasteiger partial charge in [0, 0.05) is 26.5 Å². The van der Waals surface area contributed by atoms with Gasteiger partial charge in [0.15, 0.2) is 5.76 Å². The van der Waals surface area contributed by atoms with Gasteiger partial charge in [-0.15, -0.1) is 0 Å². The summed E-state index contributed by atoms with van der Waals surface area (Å²) in [5.41, 5.74) is 3.00. The highest BCUT2D eigenvalue weighted by atomic mass is 32.2. The van der Waals surface area contributed by atoms with Gasteiger partial charge in [0.2, 0.25) is 0 Å². The molecule has 0 aliphatic rings. The first-order chi connectivity index (χ1) is 17.3. The molecule has 0 spiro atoms. The first-order valence-corrected chi connectivity index (χ1v) is 12.1. The number of carbonyl (C=O) groups excluding carboxylic acids is 1. The van der Waals surface area contributed by atoms with E-state index in [2.05, 4.69) is 5.16 Å². The van der Waals surface area contributed by atoms with Crippen LogP contribution in [-0.2, 0) is 27.2 Å². The van der Waals surface area contributed by atoms with Crippen LogP contribution < -0.4 is 0 Å². The number of carboxylic acids is 1. The number of benzene rings is 3. The van der Waals surface area contributed by atoms with Gasteiger partial charge in [0.05, 0.1) is 18.5 Å². The number of hydrogen-bond acceptors (Lipinski definition) is 6. The van der Waals surface area contributed by atoms with E-state index in [1.165, 1.54) is 17.8 Å². The predicted octanol–water partition coefficient (Wildman–Crippen LogP) is 6.41. The molecule has 4 rings (SSSR count). The van der Waals surface area contributed by atoms with Crippen molar-refractivity contribution in [3.05, 3.63) is 101 Å². The van der Waals surface area contributed by atoms with Gasteiger partial charge in [-0.05, 0) is 61.9 Å². The lowest BCUT2D eigenvalue weighted by Gasteiger charge is -2.14. The Morgan fingerprint density at radius 3 is 2.50 bits per heavy atom. The minimum atomic E-state index is -0.870. The van der Waals surface area contributed by atoms with Gasteiger partial charge in [-0.2, -0.15) is 0 Å². The van der Waals surface area contributed by atoms with Gasteiger partial charge < -0.3 is 14.4 Å². The molecule has 3 aromatic carbocycles. The fourth-order valence-electron chi connectivity index (χ4n) is 3.78. The summed E-state index contributed by atoms with van der Waals surface area (Å²) in [5, 5.41) is 13.0. The van der Waals surface area contributed by atoms with Crippen LogP contribution in [0.1, 0.15) is 35.4 Å². The van der Waals surface area contributed by atoms with Crippen molar-refractivity contribution < 1.29 is 28.3 Å². The monoisotopic (exact) mass is 505 g/mol. The topological polar surface area (TPSA) is 89.6 Å². The molecule has 36 heavy (non-hydrogen) atoms. The van der Waals surface area contributed by atoms with Crippen molar-refractivity contribution in [2.45, 2.75) is 42.6 Å². The first kappa shape index (κ1) is 25.2. The van der Waals surface area contributed by atoms with Crippen LogP contribution >= 0.6 is 11.8 Å². The Hall–Kier alpha value is -3.91. The number of aryl methyl sites for hydroxylation is 1. The Morgan fingerprint density at radius 2 is 1.78 bits per heavy atom. The number of aromatic nitrogens is 1. The van der Waals surface area contributed by atoms with Crippen molar-refractivity contribution >= 4 is 23.7 Å². The third kappa shape index (κ3) is 6.20. The summed E-state index contributed by atoms with van der Waals surface area (Å²) in [4.78, 5) is 25.5. The zero-order chi connectivity index (χ0) is 25.7. The lowest BCUT2D eigenvalue weighted by molar-refractivity contribution is -0.147. The molecule has 0 saturated heterocycles. The molecule has 0 fully saturated rings. The lowest BCUT2D eigenvalue weighted by atomic mass is 10.0. The number of hydrogen-bond donors (Lipinski definition) is 1. The molecule has 0 aliphatic carbocycles. The summed E-state index contributed by atoms with van der Waals surface area (Å²) in [6.45, 7) is 3.38. The van der Waals surface area contributed by atoms with E-state index in [1.54, 1.807) is 38.1 Å². The van der Waals surface area contributed by atoms with E-state index in [4.69, 9.17) is 14.4 Å². The minimum absolute atomic E-state index is 0.0253. The van der Waals surface area contributed by atoms with Gasteiger partial charge in [0.25, 0.3) is 0 Å². The SMILES string of the molecule is Cc1noc(-c2ccc(Sc3cccc(CC(=O)O)c3)cc2)c1CC(=O)O[C@H](C)c1ccccc1F. The quantitative estimate of drug-likeness (QED) is 0.263. The maximum absolute atomic E-state index is 14.0. The maximum Gasteiger partial charge on any atom is 0.311 e. The average Bonchev–Trinajstić information content (AvgIpc) is 3.19. The molecule has 1 aromatic heterocycles. The zero-order valence-electron chi connectivity index (χ0n) is 19.7. The zero-order valence-corrected chi connectivity index (χ0v) is 20.5. The highest BCUT2D eigenvalue weighted by Crippen LogP contribution is 2.32. The molecule has 8 heteroatoms. The number of halogens is 1. The number of carbonyl (C=O) groups is 2. The second-order valence-corrected chi connectivity index (χ2v) is 9.40. The van der Waals surface area contributed by atoms with E-state index in [-0.39, 0.29) is 12.8 Å². The van der Waals surface area contributed by atoms with Crippen LogP contribution in [0.15, 0.2) is 87.1 Å². The van der Waals surface area contributed by atoms with Crippen molar-refractivity contribution in [3.8, 4) is 11.3 Å². The predicted molar refractivity (Wildman–Crippen MR) is 133 cm³/mol. The fraction of sp³-hybridized carbons (Fsp3) is 0.179. The van der Waals surface area contributed by atoms with Crippen molar-refractivity contribution in [2.24, 2.45) is 0 Å². The number of carboxylic acid groups (broad SMARTS) is 1. The van der Waals surface area contributed by atoms with Crippen LogP contribution in [0.3, 0.4) is 0 Å². The maximum atomic E-state index is 14.0. The van der Waals surface area contributed by atoms with E-state index in [1.807, 2.05) is 42.5 Å². The first-order valence-electron chi connectivity index (χ1n) is 11.3. The Morgan fingerprint density at radius 1 is 1.03 bits per heavy atom. The number of rotatable bonds is 9. The van der Waals surface area contributed by atoms with Crippen LogP contribution in [0.25, 0.3) is 11.3 Å². The molecule has 0 aliphatic heterocycles. The van der Waals surface area contributed by atoms with Crippen LogP contribution in [-0.4, -0.2) is 22.2 Å². The Balaban J connectivity index is 1.45. The molecular weight excluding hydrogens is 481 g/mol. The average molecular weight is 506 g/mol. The molecule has 0 bridgehead atoms. The molecule has 1 atom stereocenters. The van der Waals surface area contributed by atoms with E-state index in [0.717, 1.165) is 20.9 Å². The number of ether oxygens (including phenoxy) is 1. The second-order valence-electron chi connectivity index (χ2n) is 8.25. The van der Waals surface area contributed by atoms with Gasteiger partial charge in [-0.25, -0.2) is 4.39 Å². The highest BCUT2D eigenvalue weighted by Gasteiger charge is 2.21. The fourth-order valence-corrected chi connectivity index (χ4v) is 4.68. The molecule has 0 radical (unpaired) electrons. The normalized spacial score (nSPS) is 11.8. The summed E-state index contributed by atoms with van der Waals surface area (Å²) < 4.78 is 25.0. The lowest BCUT2D eigenvalue weighted by Crippen LogP contribution is -2.13. The van der Waals surface area contributed by atoms with Crippen LogP contribution in [0.2, 0.25) is 0 Å². The second kappa shape index (κ2) is 11.2. The Kier molecular flexibility index (Phi) is 7.85. The van der Waals surface area contributed by atoms with Gasteiger partial charge in [-0.3, -0.25) is 9.59 Å². The van der Waals surface area contributed by atoms with Crippen LogP contribution in [0, 0.1) is 12.7 Å². The minimum Gasteiger partial charge on any atom is -0.481 e. The van der Waals surface area contributed by atoms with E-state index in [9.17, 15) is 14.0 Å². The summed E-state index contributed by atoms with van der Waals surface area (Å²) in [7, 11) is 0. The number of esters is 1. The Bertz CT molecular complexity index is 1380. The van der Waals surface area contributed by atoms with Crippen molar-refractivity contribution in [1.82, 2.24) is 5.16 Å². The molecule has 0 amide bonds. The molecular formula is C28H24FNO5S. The Labute approximate surface area is 212 Å². The smallest absolute Gasteiger partial charge is 0.311 e. The summed E-state index contributed by atoms with van der Waals surface area (Å²) in [6.07, 6.45) is -0.814. The molecule has 0 saturated carbocycles. The molecule has 6 nitrogen and oxygen atoms in total. The molecule has 184 valence electrons. The van der Waals surface area contributed by atoms with Crippen molar-refractivity contribution in [2.75, 3.05) is 0 Å². The van der Waals surface area contributed by atoms with Crippen LogP contribution in [0.5, 0.6) is 0 Å². The van der Waals surface area contributed by atoms with E-state index < -0.39 is 23.9 Å². The van der Waals surface area contributed by atoms with E-state index in [0.29, 0.717) is 22.6 Å². The van der Waals surface area contributed by atoms with Gasteiger partial charge in [-0.1, -0.05) is 47.3 Å². The standard InChI is InChI=1S/C28H24FNO5S/c1-17-24(16-27(33)34-18(2)23-8-3-4-9-25(23)29)28(35-30-17)20-10-12-21(13-11-20)36-22-7-5-6-19(14-22)15-26(31)32/h3-14,18H,15-16H2,1-2H3,(H,31,32)/t18-/m1/s1.